The van der Waals surface area contributed by atoms with Crippen LogP contribution in [0.15, 0.2) is 46.9 Å². The number of fused-ring (bicyclic) bond motifs is 1. The lowest BCUT2D eigenvalue weighted by Crippen LogP contribution is -2.02. The summed E-state index contributed by atoms with van der Waals surface area (Å²) >= 11 is 0. The molecule has 0 saturated heterocycles. The first-order chi connectivity index (χ1) is 9.80. The summed E-state index contributed by atoms with van der Waals surface area (Å²) in [6.07, 6.45) is 0.845. The minimum atomic E-state index is 0.601. The minimum Gasteiger partial charge on any atom is -0.497 e. The molecular weight excluding hydrogens is 252 g/mol. The highest BCUT2D eigenvalue weighted by atomic mass is 16.5. The molecule has 2 aromatic carbocycles. The van der Waals surface area contributed by atoms with Crippen LogP contribution in [0.2, 0.25) is 0 Å². The molecule has 0 atom stereocenters. The zero-order chi connectivity index (χ0) is 13.9. The predicted octanol–water partition coefficient (Wildman–Crippen LogP) is 3.00. The van der Waals surface area contributed by atoms with Crippen LogP contribution in [0.3, 0.4) is 0 Å². The van der Waals surface area contributed by atoms with E-state index in [4.69, 9.17) is 14.9 Å². The van der Waals surface area contributed by atoms with Crippen LogP contribution in [-0.4, -0.2) is 18.6 Å². The van der Waals surface area contributed by atoms with Gasteiger partial charge in [0.05, 0.1) is 7.11 Å². The number of rotatable bonds is 4. The molecule has 4 nitrogen and oxygen atoms in total. The summed E-state index contributed by atoms with van der Waals surface area (Å²) in [5, 5.41) is 0. The fourth-order valence-corrected chi connectivity index (χ4v) is 2.17. The van der Waals surface area contributed by atoms with Crippen LogP contribution in [0.25, 0.3) is 22.6 Å². The number of oxazole rings is 1. The summed E-state index contributed by atoms with van der Waals surface area (Å²) in [5.41, 5.74) is 9.29. The van der Waals surface area contributed by atoms with Gasteiger partial charge in [0.1, 0.15) is 11.3 Å². The summed E-state index contributed by atoms with van der Waals surface area (Å²) in [5.74, 6) is 1.39. The normalized spacial score (nSPS) is 10.9. The summed E-state index contributed by atoms with van der Waals surface area (Å²) in [6, 6.07) is 13.7. The van der Waals surface area contributed by atoms with Gasteiger partial charge in [-0.3, -0.25) is 0 Å². The Kier molecular flexibility index (Phi) is 3.39. The Bertz CT molecular complexity index is 734. The number of hydrogen-bond donors (Lipinski definition) is 1. The maximum Gasteiger partial charge on any atom is 0.227 e. The molecule has 0 bridgehead atoms. The lowest BCUT2D eigenvalue weighted by molar-refractivity contribution is 0.415. The Balaban J connectivity index is 2.03. The minimum absolute atomic E-state index is 0.601. The fourth-order valence-electron chi connectivity index (χ4n) is 2.17. The maximum atomic E-state index is 5.79. The molecule has 0 unspecified atom stereocenters. The van der Waals surface area contributed by atoms with Gasteiger partial charge in [-0.25, -0.2) is 4.98 Å². The van der Waals surface area contributed by atoms with E-state index in [0.29, 0.717) is 12.4 Å². The average molecular weight is 268 g/mol. The number of nitrogens with two attached hydrogens (primary N) is 1. The molecule has 4 heteroatoms. The molecule has 0 saturated carbocycles. The quantitative estimate of drug-likeness (QED) is 0.790. The van der Waals surface area contributed by atoms with Crippen molar-refractivity contribution < 1.29 is 9.15 Å². The number of ether oxygens (including phenoxy) is 1. The number of benzene rings is 2. The van der Waals surface area contributed by atoms with Gasteiger partial charge >= 0.3 is 0 Å². The van der Waals surface area contributed by atoms with Crippen molar-refractivity contribution in [3.8, 4) is 17.2 Å². The third kappa shape index (κ3) is 2.38. The van der Waals surface area contributed by atoms with Crippen molar-refractivity contribution >= 4 is 11.1 Å². The second kappa shape index (κ2) is 5.35. The lowest BCUT2D eigenvalue weighted by Gasteiger charge is -2.00. The Labute approximate surface area is 117 Å². The Morgan fingerprint density at radius 1 is 1.20 bits per heavy atom. The van der Waals surface area contributed by atoms with Gasteiger partial charge in [-0.2, -0.15) is 0 Å². The van der Waals surface area contributed by atoms with Crippen molar-refractivity contribution in [2.24, 2.45) is 5.73 Å². The van der Waals surface area contributed by atoms with Crippen molar-refractivity contribution in [1.82, 2.24) is 4.98 Å². The average Bonchev–Trinajstić information content (AvgIpc) is 2.91. The lowest BCUT2D eigenvalue weighted by atomic mass is 10.1. The molecule has 0 aliphatic heterocycles. The van der Waals surface area contributed by atoms with E-state index in [1.807, 2.05) is 42.5 Å². The van der Waals surface area contributed by atoms with Crippen molar-refractivity contribution in [2.45, 2.75) is 6.42 Å². The van der Waals surface area contributed by atoms with Crippen LogP contribution in [-0.2, 0) is 6.42 Å². The van der Waals surface area contributed by atoms with Crippen LogP contribution in [0.1, 0.15) is 5.56 Å². The van der Waals surface area contributed by atoms with Crippen molar-refractivity contribution in [3.05, 3.63) is 48.0 Å². The summed E-state index contributed by atoms with van der Waals surface area (Å²) in [7, 11) is 1.64. The van der Waals surface area contributed by atoms with E-state index < -0.39 is 0 Å². The molecule has 3 aromatic rings. The number of hydrogen-bond acceptors (Lipinski definition) is 4. The van der Waals surface area contributed by atoms with Crippen LogP contribution >= 0.6 is 0 Å². The highest BCUT2D eigenvalue weighted by molar-refractivity contribution is 5.77. The van der Waals surface area contributed by atoms with Gasteiger partial charge in [0.2, 0.25) is 5.89 Å². The molecule has 0 radical (unpaired) electrons. The molecule has 0 amide bonds. The molecule has 0 aliphatic rings. The molecule has 0 aliphatic carbocycles. The Hall–Kier alpha value is -2.33. The van der Waals surface area contributed by atoms with E-state index in [-0.39, 0.29) is 0 Å². The van der Waals surface area contributed by atoms with E-state index in [1.54, 1.807) is 7.11 Å². The van der Waals surface area contributed by atoms with Gasteiger partial charge in [-0.1, -0.05) is 12.1 Å². The molecular formula is C16H16N2O2. The van der Waals surface area contributed by atoms with E-state index >= 15 is 0 Å². The van der Waals surface area contributed by atoms with Crippen LogP contribution in [0.5, 0.6) is 5.75 Å². The van der Waals surface area contributed by atoms with E-state index in [9.17, 15) is 0 Å². The topological polar surface area (TPSA) is 61.3 Å². The third-order valence-electron chi connectivity index (χ3n) is 3.20. The molecule has 0 fully saturated rings. The molecule has 1 aromatic heterocycles. The third-order valence-corrected chi connectivity index (χ3v) is 3.20. The summed E-state index contributed by atoms with van der Waals surface area (Å²) < 4.78 is 11.0. The first-order valence-corrected chi connectivity index (χ1v) is 6.54. The zero-order valence-electron chi connectivity index (χ0n) is 11.3. The number of aromatic nitrogens is 1. The Morgan fingerprint density at radius 3 is 2.90 bits per heavy atom. The van der Waals surface area contributed by atoms with E-state index in [2.05, 4.69) is 4.98 Å². The smallest absolute Gasteiger partial charge is 0.227 e. The van der Waals surface area contributed by atoms with Crippen LogP contribution < -0.4 is 10.5 Å². The highest BCUT2D eigenvalue weighted by Crippen LogP contribution is 2.27. The van der Waals surface area contributed by atoms with Crippen LogP contribution in [0, 0.1) is 0 Å². The molecule has 20 heavy (non-hydrogen) atoms. The largest absolute Gasteiger partial charge is 0.497 e. The van der Waals surface area contributed by atoms with Gasteiger partial charge in [-0.05, 0) is 48.9 Å². The van der Waals surface area contributed by atoms with Crippen LogP contribution in [0.4, 0.5) is 0 Å². The summed E-state index contributed by atoms with van der Waals surface area (Å²) in [4.78, 5) is 4.54. The second-order valence-corrected chi connectivity index (χ2v) is 4.59. The first kappa shape index (κ1) is 12.7. The molecule has 0 spiro atoms. The standard InChI is InChI=1S/C16H16N2O2/c1-19-13-4-2-3-12(10-13)16-18-14-9-11(7-8-17)5-6-15(14)20-16/h2-6,9-10H,7-8,17H2,1H3. The van der Waals surface area contributed by atoms with E-state index in [1.165, 1.54) is 5.56 Å². The van der Waals surface area contributed by atoms with Gasteiger partial charge in [0.25, 0.3) is 0 Å². The highest BCUT2D eigenvalue weighted by Gasteiger charge is 2.09. The predicted molar refractivity (Wildman–Crippen MR) is 78.8 cm³/mol. The molecule has 1 heterocycles. The maximum absolute atomic E-state index is 5.79. The van der Waals surface area contributed by atoms with Gasteiger partial charge in [0, 0.05) is 5.56 Å². The van der Waals surface area contributed by atoms with Gasteiger partial charge < -0.3 is 14.9 Å². The second-order valence-electron chi connectivity index (χ2n) is 4.59. The number of nitrogens with zero attached hydrogens (tertiary/aromatic N) is 1. The molecule has 2 N–H and O–H groups in total. The van der Waals surface area contributed by atoms with Crippen molar-refractivity contribution in [3.63, 3.8) is 0 Å². The zero-order valence-corrected chi connectivity index (χ0v) is 11.3. The first-order valence-electron chi connectivity index (χ1n) is 6.54. The molecule has 102 valence electrons. The fraction of sp³-hybridized carbons (Fsp3) is 0.188. The molecule has 3 rings (SSSR count). The summed E-state index contributed by atoms with van der Waals surface area (Å²) in [6.45, 7) is 0.631. The SMILES string of the molecule is COc1cccc(-c2nc3cc(CCN)ccc3o2)c1. The number of methoxy groups -OCH3 is 1. The van der Waals surface area contributed by atoms with Gasteiger partial charge in [0.15, 0.2) is 5.58 Å². The monoisotopic (exact) mass is 268 g/mol. The van der Waals surface area contributed by atoms with Crippen molar-refractivity contribution in [2.75, 3.05) is 13.7 Å². The van der Waals surface area contributed by atoms with Gasteiger partial charge in [-0.15, -0.1) is 0 Å². The van der Waals surface area contributed by atoms with Crippen molar-refractivity contribution in [1.29, 1.82) is 0 Å². The Morgan fingerprint density at radius 2 is 2.10 bits per heavy atom. The van der Waals surface area contributed by atoms with E-state index in [0.717, 1.165) is 28.8 Å².